The van der Waals surface area contributed by atoms with Gasteiger partial charge < -0.3 is 9.84 Å². The number of hydrogen-bond donors (Lipinski definition) is 1. The number of rotatable bonds is 4. The predicted octanol–water partition coefficient (Wildman–Crippen LogP) is 2.62. The Kier molecular flexibility index (Phi) is 4.12. The summed E-state index contributed by atoms with van der Waals surface area (Å²) in [5, 5.41) is 10.6. The Morgan fingerprint density at radius 2 is 1.78 bits per heavy atom. The second-order valence-electron chi connectivity index (χ2n) is 4.92. The quantitative estimate of drug-likeness (QED) is 0.840. The fourth-order valence-corrected chi connectivity index (χ4v) is 1.65. The van der Waals surface area contributed by atoms with Gasteiger partial charge in [0.2, 0.25) is 0 Å². The molecule has 1 N–H and O–H groups in total. The molecule has 1 atom stereocenters. The van der Waals surface area contributed by atoms with E-state index in [1.165, 1.54) is 31.2 Å². The summed E-state index contributed by atoms with van der Waals surface area (Å²) in [6.45, 7) is 6.70. The minimum absolute atomic E-state index is 0.252. The van der Waals surface area contributed by atoms with Gasteiger partial charge in [-0.05, 0) is 45.4 Å². The first-order valence-electron chi connectivity index (χ1n) is 5.89. The summed E-state index contributed by atoms with van der Waals surface area (Å²) >= 11 is 0. The zero-order valence-electron chi connectivity index (χ0n) is 11.2. The van der Waals surface area contributed by atoms with E-state index in [4.69, 9.17) is 4.74 Å². The van der Waals surface area contributed by atoms with Gasteiger partial charge in [-0.15, -0.1) is 0 Å². The molecule has 100 valence electrons. The van der Waals surface area contributed by atoms with Gasteiger partial charge in [0.15, 0.2) is 0 Å². The number of carbonyl (C=O) groups is 1. The largest absolute Gasteiger partial charge is 0.465 e. The van der Waals surface area contributed by atoms with E-state index in [0.717, 1.165) is 0 Å². The molecule has 0 aliphatic rings. The first-order valence-corrected chi connectivity index (χ1v) is 5.89. The number of hydrogen-bond acceptors (Lipinski definition) is 3. The van der Waals surface area contributed by atoms with Gasteiger partial charge in [0, 0.05) is 0 Å². The Bertz CT molecular complexity index is 421. The maximum absolute atomic E-state index is 12.9. The van der Waals surface area contributed by atoms with E-state index in [-0.39, 0.29) is 12.4 Å². The van der Waals surface area contributed by atoms with Crippen molar-refractivity contribution in [1.82, 2.24) is 0 Å². The molecule has 0 bridgehead atoms. The van der Waals surface area contributed by atoms with Crippen molar-refractivity contribution in [3.63, 3.8) is 0 Å². The van der Waals surface area contributed by atoms with Gasteiger partial charge in [0.25, 0.3) is 0 Å². The zero-order chi connectivity index (χ0) is 14.0. The Labute approximate surface area is 107 Å². The molecule has 0 saturated carbocycles. The lowest BCUT2D eigenvalue weighted by Gasteiger charge is -2.38. The lowest BCUT2D eigenvalue weighted by Crippen LogP contribution is -2.46. The second kappa shape index (κ2) is 5.06. The van der Waals surface area contributed by atoms with Crippen LogP contribution in [0, 0.1) is 11.2 Å². The van der Waals surface area contributed by atoms with Crippen molar-refractivity contribution in [3.05, 3.63) is 35.6 Å². The molecule has 0 radical (unpaired) electrons. The molecule has 0 fully saturated rings. The van der Waals surface area contributed by atoms with Gasteiger partial charge in [-0.3, -0.25) is 4.79 Å². The topological polar surface area (TPSA) is 46.5 Å². The molecule has 0 aliphatic carbocycles. The van der Waals surface area contributed by atoms with Gasteiger partial charge in [-0.25, -0.2) is 4.39 Å². The van der Waals surface area contributed by atoms with Crippen molar-refractivity contribution < 1.29 is 19.0 Å². The van der Waals surface area contributed by atoms with E-state index < -0.39 is 17.0 Å². The van der Waals surface area contributed by atoms with Gasteiger partial charge in [0.05, 0.1) is 12.0 Å². The number of aliphatic hydroxyl groups is 1. The van der Waals surface area contributed by atoms with Crippen LogP contribution in [0.3, 0.4) is 0 Å². The summed E-state index contributed by atoms with van der Waals surface area (Å²) in [6.07, 6.45) is 0. The third kappa shape index (κ3) is 2.53. The normalized spacial score (nSPS) is 15.0. The molecule has 1 rings (SSSR count). The average Bonchev–Trinajstić information content (AvgIpc) is 2.29. The first-order chi connectivity index (χ1) is 8.23. The van der Waals surface area contributed by atoms with E-state index in [0.29, 0.717) is 5.56 Å². The Balaban J connectivity index is 3.11. The Morgan fingerprint density at radius 1 is 1.28 bits per heavy atom. The molecule has 0 saturated heterocycles. The number of ether oxygens (including phenoxy) is 1. The maximum atomic E-state index is 12.9. The van der Waals surface area contributed by atoms with Crippen LogP contribution in [0.4, 0.5) is 4.39 Å². The van der Waals surface area contributed by atoms with E-state index in [9.17, 15) is 14.3 Å². The molecule has 1 aromatic carbocycles. The van der Waals surface area contributed by atoms with Crippen LogP contribution < -0.4 is 0 Å². The molecule has 0 amide bonds. The number of halogens is 1. The third-order valence-corrected chi connectivity index (χ3v) is 3.41. The second-order valence-corrected chi connectivity index (χ2v) is 4.92. The fraction of sp³-hybridized carbons (Fsp3) is 0.500. The molecule has 0 aliphatic heterocycles. The van der Waals surface area contributed by atoms with Crippen LogP contribution in [-0.4, -0.2) is 17.7 Å². The monoisotopic (exact) mass is 254 g/mol. The molecule has 0 heterocycles. The summed E-state index contributed by atoms with van der Waals surface area (Å²) < 4.78 is 17.8. The smallest absolute Gasteiger partial charge is 0.314 e. The molecule has 1 unspecified atom stereocenters. The summed E-state index contributed by atoms with van der Waals surface area (Å²) in [7, 11) is 0. The standard InChI is InChI=1S/C14H19FO3/c1-5-18-12(16)13(2,3)14(4,17)10-6-8-11(15)9-7-10/h6-9,17H,5H2,1-4H3. The molecule has 3 nitrogen and oxygen atoms in total. The highest BCUT2D eigenvalue weighted by atomic mass is 19.1. The van der Waals surface area contributed by atoms with Crippen LogP contribution in [0.1, 0.15) is 33.3 Å². The van der Waals surface area contributed by atoms with Crippen LogP contribution in [0.25, 0.3) is 0 Å². The van der Waals surface area contributed by atoms with Crippen LogP contribution in [0.15, 0.2) is 24.3 Å². The van der Waals surface area contributed by atoms with Gasteiger partial charge >= 0.3 is 5.97 Å². The average molecular weight is 254 g/mol. The van der Waals surface area contributed by atoms with E-state index in [2.05, 4.69) is 0 Å². The summed E-state index contributed by atoms with van der Waals surface area (Å²) in [4.78, 5) is 11.9. The highest BCUT2D eigenvalue weighted by Crippen LogP contribution is 2.40. The molecule has 0 spiro atoms. The SMILES string of the molecule is CCOC(=O)C(C)(C)C(C)(O)c1ccc(F)cc1. The fourth-order valence-electron chi connectivity index (χ4n) is 1.65. The van der Waals surface area contributed by atoms with Crippen molar-refractivity contribution in [3.8, 4) is 0 Å². The van der Waals surface area contributed by atoms with Crippen molar-refractivity contribution in [2.45, 2.75) is 33.3 Å². The molecular weight excluding hydrogens is 235 g/mol. The van der Waals surface area contributed by atoms with E-state index in [1.807, 2.05) is 0 Å². The van der Waals surface area contributed by atoms with Crippen molar-refractivity contribution in [2.75, 3.05) is 6.61 Å². The van der Waals surface area contributed by atoms with Gasteiger partial charge in [-0.1, -0.05) is 12.1 Å². The number of esters is 1. The minimum Gasteiger partial charge on any atom is -0.465 e. The van der Waals surface area contributed by atoms with Crippen LogP contribution in [-0.2, 0) is 15.1 Å². The molecule has 18 heavy (non-hydrogen) atoms. The van der Waals surface area contributed by atoms with Crippen molar-refractivity contribution in [2.24, 2.45) is 5.41 Å². The van der Waals surface area contributed by atoms with Gasteiger partial charge in [0.1, 0.15) is 11.4 Å². The Morgan fingerprint density at radius 3 is 2.22 bits per heavy atom. The molecule has 1 aromatic rings. The third-order valence-electron chi connectivity index (χ3n) is 3.41. The zero-order valence-corrected chi connectivity index (χ0v) is 11.2. The van der Waals surface area contributed by atoms with Crippen LogP contribution in [0.2, 0.25) is 0 Å². The number of carbonyl (C=O) groups excluding carboxylic acids is 1. The maximum Gasteiger partial charge on any atom is 0.314 e. The van der Waals surface area contributed by atoms with Crippen molar-refractivity contribution >= 4 is 5.97 Å². The van der Waals surface area contributed by atoms with E-state index >= 15 is 0 Å². The minimum atomic E-state index is -1.44. The molecular formula is C14H19FO3. The highest BCUT2D eigenvalue weighted by Gasteiger charge is 2.47. The van der Waals surface area contributed by atoms with E-state index in [1.54, 1.807) is 20.8 Å². The molecule has 4 heteroatoms. The summed E-state index contributed by atoms with van der Waals surface area (Å²) in [5.41, 5.74) is -2.09. The van der Waals surface area contributed by atoms with Crippen LogP contribution in [0.5, 0.6) is 0 Å². The lowest BCUT2D eigenvalue weighted by atomic mass is 9.72. The van der Waals surface area contributed by atoms with Gasteiger partial charge in [-0.2, -0.15) is 0 Å². The van der Waals surface area contributed by atoms with Crippen molar-refractivity contribution in [1.29, 1.82) is 0 Å². The Hall–Kier alpha value is -1.42. The summed E-state index contributed by atoms with van der Waals surface area (Å²) in [6, 6.07) is 5.45. The first kappa shape index (κ1) is 14.6. The number of benzene rings is 1. The molecule has 0 aromatic heterocycles. The summed E-state index contributed by atoms with van der Waals surface area (Å²) in [5.74, 6) is -0.872. The lowest BCUT2D eigenvalue weighted by molar-refractivity contribution is -0.170. The van der Waals surface area contributed by atoms with Crippen LogP contribution >= 0.6 is 0 Å². The highest BCUT2D eigenvalue weighted by molar-refractivity contribution is 5.77. The predicted molar refractivity (Wildman–Crippen MR) is 66.4 cm³/mol.